The molecule has 0 aliphatic rings. The summed E-state index contributed by atoms with van der Waals surface area (Å²) in [7, 11) is 1.93. The van der Waals surface area contributed by atoms with E-state index in [1.807, 2.05) is 41.6 Å². The van der Waals surface area contributed by atoms with Gasteiger partial charge >= 0.3 is 0 Å². The fourth-order valence-corrected chi connectivity index (χ4v) is 2.86. The van der Waals surface area contributed by atoms with Gasteiger partial charge < -0.3 is 0 Å². The Labute approximate surface area is 113 Å². The van der Waals surface area contributed by atoms with Crippen molar-refractivity contribution < 1.29 is 0 Å². The molecule has 92 valence electrons. The molecular weight excluding hydrogens is 256 g/mol. The van der Waals surface area contributed by atoms with Gasteiger partial charge in [-0.05, 0) is 23.6 Å². The van der Waals surface area contributed by atoms with Crippen LogP contribution in [0.2, 0.25) is 0 Å². The van der Waals surface area contributed by atoms with E-state index in [0.717, 1.165) is 33.2 Å². The number of thiophene rings is 1. The van der Waals surface area contributed by atoms with E-state index >= 15 is 0 Å². The van der Waals surface area contributed by atoms with Crippen molar-refractivity contribution in [3.8, 4) is 11.3 Å². The molecule has 19 heavy (non-hydrogen) atoms. The standard InChI is InChI=1S/C14H10N4S/c1-18-14-5-12-11(4-10(14)6-16-18)15-7-13(17-12)9-2-3-19-8-9/h2-8H,1H3. The molecule has 0 fully saturated rings. The Kier molecular flexibility index (Phi) is 2.16. The molecule has 0 unspecified atom stereocenters. The van der Waals surface area contributed by atoms with Crippen molar-refractivity contribution in [2.75, 3.05) is 0 Å². The highest BCUT2D eigenvalue weighted by Gasteiger charge is 2.06. The summed E-state index contributed by atoms with van der Waals surface area (Å²) in [6.07, 6.45) is 3.68. The first kappa shape index (κ1) is 10.6. The van der Waals surface area contributed by atoms with E-state index < -0.39 is 0 Å². The average Bonchev–Trinajstić information content (AvgIpc) is 3.07. The fraction of sp³-hybridized carbons (Fsp3) is 0.0714. The smallest absolute Gasteiger partial charge is 0.0916 e. The van der Waals surface area contributed by atoms with Gasteiger partial charge in [0.1, 0.15) is 0 Å². The van der Waals surface area contributed by atoms with Crippen LogP contribution in [0.1, 0.15) is 0 Å². The van der Waals surface area contributed by atoms with Gasteiger partial charge in [0, 0.05) is 23.4 Å². The summed E-state index contributed by atoms with van der Waals surface area (Å²) in [6, 6.07) is 6.13. The highest BCUT2D eigenvalue weighted by Crippen LogP contribution is 2.24. The minimum absolute atomic E-state index is 0.902. The lowest BCUT2D eigenvalue weighted by Crippen LogP contribution is -1.91. The normalized spacial score (nSPS) is 11.4. The van der Waals surface area contributed by atoms with Crippen molar-refractivity contribution in [1.82, 2.24) is 19.7 Å². The summed E-state index contributed by atoms with van der Waals surface area (Å²) in [6.45, 7) is 0. The maximum atomic E-state index is 4.69. The molecule has 0 saturated heterocycles. The van der Waals surface area contributed by atoms with Gasteiger partial charge in [-0.2, -0.15) is 16.4 Å². The molecule has 0 amide bonds. The first-order valence-corrected chi connectivity index (χ1v) is 6.86. The Morgan fingerprint density at radius 2 is 2.11 bits per heavy atom. The number of rotatable bonds is 1. The molecule has 0 spiro atoms. The Bertz CT molecular complexity index is 877. The van der Waals surface area contributed by atoms with Crippen molar-refractivity contribution in [3.63, 3.8) is 0 Å². The number of benzene rings is 1. The number of hydrogen-bond donors (Lipinski definition) is 0. The summed E-state index contributed by atoms with van der Waals surface area (Å²) in [5.41, 5.74) is 4.91. The maximum absolute atomic E-state index is 4.69. The third-order valence-corrected chi connectivity index (χ3v) is 3.91. The van der Waals surface area contributed by atoms with E-state index in [2.05, 4.69) is 21.5 Å². The summed E-state index contributed by atoms with van der Waals surface area (Å²) < 4.78 is 1.85. The van der Waals surface area contributed by atoms with Gasteiger partial charge in [0.25, 0.3) is 0 Å². The fourth-order valence-electron chi connectivity index (χ4n) is 2.21. The third-order valence-electron chi connectivity index (χ3n) is 3.23. The second kappa shape index (κ2) is 3.86. The van der Waals surface area contributed by atoms with E-state index in [9.17, 15) is 0 Å². The summed E-state index contributed by atoms with van der Waals surface area (Å²) in [4.78, 5) is 9.19. The van der Waals surface area contributed by atoms with Crippen LogP contribution in [0, 0.1) is 0 Å². The molecule has 0 atom stereocenters. The van der Waals surface area contributed by atoms with Gasteiger partial charge in [-0.15, -0.1) is 0 Å². The van der Waals surface area contributed by atoms with Gasteiger partial charge in [-0.25, -0.2) is 4.98 Å². The molecule has 0 bridgehead atoms. The Hall–Kier alpha value is -2.27. The first-order valence-electron chi connectivity index (χ1n) is 5.92. The zero-order valence-electron chi connectivity index (χ0n) is 10.2. The predicted molar refractivity (Wildman–Crippen MR) is 77.1 cm³/mol. The molecule has 5 heteroatoms. The van der Waals surface area contributed by atoms with Gasteiger partial charge in [-0.3, -0.25) is 9.67 Å². The molecule has 0 aliphatic carbocycles. The van der Waals surface area contributed by atoms with Gasteiger partial charge in [-0.1, -0.05) is 0 Å². The van der Waals surface area contributed by atoms with Gasteiger partial charge in [0.05, 0.1) is 34.6 Å². The van der Waals surface area contributed by atoms with Crippen LogP contribution in [-0.4, -0.2) is 19.7 Å². The largest absolute Gasteiger partial charge is 0.268 e. The Morgan fingerprint density at radius 1 is 1.16 bits per heavy atom. The lowest BCUT2D eigenvalue weighted by molar-refractivity contribution is 0.797. The van der Waals surface area contributed by atoms with Crippen LogP contribution in [0.3, 0.4) is 0 Å². The van der Waals surface area contributed by atoms with E-state index in [0.29, 0.717) is 0 Å². The second-order valence-corrected chi connectivity index (χ2v) is 5.22. The number of hydrogen-bond acceptors (Lipinski definition) is 4. The average molecular weight is 266 g/mol. The molecule has 3 aromatic heterocycles. The summed E-state index contributed by atoms with van der Waals surface area (Å²) in [5.74, 6) is 0. The number of fused-ring (bicyclic) bond motifs is 2. The molecule has 4 rings (SSSR count). The van der Waals surface area contributed by atoms with Crippen molar-refractivity contribution in [3.05, 3.63) is 41.4 Å². The highest BCUT2D eigenvalue weighted by atomic mass is 32.1. The van der Waals surface area contributed by atoms with Crippen LogP contribution in [0.4, 0.5) is 0 Å². The molecule has 0 saturated carbocycles. The molecule has 0 N–H and O–H groups in total. The maximum Gasteiger partial charge on any atom is 0.0916 e. The molecule has 0 radical (unpaired) electrons. The molecule has 1 aromatic carbocycles. The second-order valence-electron chi connectivity index (χ2n) is 4.44. The van der Waals surface area contributed by atoms with E-state index in [1.54, 1.807) is 11.3 Å². The zero-order chi connectivity index (χ0) is 12.8. The van der Waals surface area contributed by atoms with Gasteiger partial charge in [0.2, 0.25) is 0 Å². The highest BCUT2D eigenvalue weighted by molar-refractivity contribution is 7.08. The van der Waals surface area contributed by atoms with E-state index in [1.165, 1.54) is 0 Å². The predicted octanol–water partition coefficient (Wildman–Crippen LogP) is 3.25. The van der Waals surface area contributed by atoms with Crippen molar-refractivity contribution >= 4 is 33.3 Å². The van der Waals surface area contributed by atoms with E-state index in [-0.39, 0.29) is 0 Å². The van der Waals surface area contributed by atoms with Crippen LogP contribution < -0.4 is 0 Å². The first-order chi connectivity index (χ1) is 9.31. The summed E-state index contributed by atoms with van der Waals surface area (Å²) in [5, 5.41) is 9.47. The molecule has 0 aliphatic heterocycles. The SMILES string of the molecule is Cn1ncc2cc3ncc(-c4ccsc4)nc3cc21. The van der Waals surface area contributed by atoms with Crippen molar-refractivity contribution in [2.24, 2.45) is 7.05 Å². The summed E-state index contributed by atoms with van der Waals surface area (Å²) >= 11 is 1.66. The molecular formula is C14H10N4S. The quantitative estimate of drug-likeness (QED) is 0.531. The monoisotopic (exact) mass is 266 g/mol. The van der Waals surface area contributed by atoms with Crippen LogP contribution in [0.25, 0.3) is 33.2 Å². The lowest BCUT2D eigenvalue weighted by atomic mass is 10.2. The van der Waals surface area contributed by atoms with Crippen LogP contribution in [0.15, 0.2) is 41.4 Å². The number of nitrogens with zero attached hydrogens (tertiary/aromatic N) is 4. The number of aryl methyl sites for hydroxylation is 1. The molecule has 4 nitrogen and oxygen atoms in total. The lowest BCUT2D eigenvalue weighted by Gasteiger charge is -2.01. The molecule has 3 heterocycles. The van der Waals surface area contributed by atoms with Crippen LogP contribution in [0.5, 0.6) is 0 Å². The Morgan fingerprint density at radius 3 is 2.95 bits per heavy atom. The third kappa shape index (κ3) is 1.62. The topological polar surface area (TPSA) is 43.6 Å². The minimum Gasteiger partial charge on any atom is -0.268 e. The van der Waals surface area contributed by atoms with Crippen LogP contribution >= 0.6 is 11.3 Å². The van der Waals surface area contributed by atoms with Crippen LogP contribution in [-0.2, 0) is 7.05 Å². The minimum atomic E-state index is 0.902. The van der Waals surface area contributed by atoms with E-state index in [4.69, 9.17) is 4.98 Å². The Balaban J connectivity index is 2.01. The van der Waals surface area contributed by atoms with Crippen molar-refractivity contribution in [1.29, 1.82) is 0 Å². The number of aromatic nitrogens is 4. The van der Waals surface area contributed by atoms with Gasteiger partial charge in [0.15, 0.2) is 0 Å². The molecule has 4 aromatic rings. The van der Waals surface area contributed by atoms with Crippen molar-refractivity contribution in [2.45, 2.75) is 0 Å². The zero-order valence-corrected chi connectivity index (χ0v) is 11.1.